The highest BCUT2D eigenvalue weighted by molar-refractivity contribution is 4.77. The molecule has 2 nitrogen and oxygen atoms in total. The van der Waals surface area contributed by atoms with Crippen LogP contribution in [0.3, 0.4) is 0 Å². The Morgan fingerprint density at radius 2 is 2.14 bits per heavy atom. The molecular weight excluding hydrogens is 172 g/mol. The molecule has 0 aromatic heterocycles. The molecule has 14 heavy (non-hydrogen) atoms. The molecule has 1 aliphatic rings. The van der Waals surface area contributed by atoms with Crippen LogP contribution in [0, 0.1) is 5.92 Å². The van der Waals surface area contributed by atoms with Crippen molar-refractivity contribution in [2.45, 2.75) is 58.5 Å². The molecule has 0 saturated carbocycles. The third-order valence-electron chi connectivity index (χ3n) is 3.24. The minimum Gasteiger partial charge on any atom is -0.314 e. The first kappa shape index (κ1) is 12.0. The summed E-state index contributed by atoms with van der Waals surface area (Å²) in [6.07, 6.45) is 5.42. The van der Waals surface area contributed by atoms with Gasteiger partial charge in [0.1, 0.15) is 0 Å². The van der Waals surface area contributed by atoms with E-state index in [1.165, 1.54) is 32.2 Å². The van der Waals surface area contributed by atoms with Gasteiger partial charge in [0.25, 0.3) is 0 Å². The summed E-state index contributed by atoms with van der Waals surface area (Å²) < 4.78 is 0. The fourth-order valence-corrected chi connectivity index (χ4v) is 2.12. The summed E-state index contributed by atoms with van der Waals surface area (Å²) in [4.78, 5) is 0. The van der Waals surface area contributed by atoms with Crippen molar-refractivity contribution in [1.29, 1.82) is 0 Å². The van der Waals surface area contributed by atoms with Crippen LogP contribution < -0.4 is 10.6 Å². The van der Waals surface area contributed by atoms with Gasteiger partial charge in [-0.3, -0.25) is 0 Å². The van der Waals surface area contributed by atoms with Crippen LogP contribution in [0.1, 0.15) is 46.5 Å². The van der Waals surface area contributed by atoms with Crippen LogP contribution in [0.4, 0.5) is 0 Å². The van der Waals surface area contributed by atoms with Gasteiger partial charge < -0.3 is 10.6 Å². The van der Waals surface area contributed by atoms with Crippen LogP contribution >= 0.6 is 0 Å². The van der Waals surface area contributed by atoms with Crippen molar-refractivity contribution in [2.75, 3.05) is 13.1 Å². The molecule has 0 aromatic rings. The number of hydrogen-bond acceptors (Lipinski definition) is 2. The van der Waals surface area contributed by atoms with E-state index in [0.29, 0.717) is 6.04 Å². The van der Waals surface area contributed by atoms with Gasteiger partial charge in [-0.25, -0.2) is 0 Å². The van der Waals surface area contributed by atoms with Crippen molar-refractivity contribution >= 4 is 0 Å². The van der Waals surface area contributed by atoms with E-state index >= 15 is 0 Å². The van der Waals surface area contributed by atoms with Crippen LogP contribution in [-0.2, 0) is 0 Å². The highest BCUT2D eigenvalue weighted by Gasteiger charge is 2.18. The largest absolute Gasteiger partial charge is 0.314 e. The topological polar surface area (TPSA) is 24.1 Å². The lowest BCUT2D eigenvalue weighted by Gasteiger charge is -2.29. The third-order valence-corrected chi connectivity index (χ3v) is 3.24. The lowest BCUT2D eigenvalue weighted by molar-refractivity contribution is 0.291. The maximum Gasteiger partial charge on any atom is 0.00793 e. The summed E-state index contributed by atoms with van der Waals surface area (Å²) in [7, 11) is 0. The molecule has 2 heteroatoms. The Morgan fingerprint density at radius 3 is 2.64 bits per heavy atom. The summed E-state index contributed by atoms with van der Waals surface area (Å²) >= 11 is 0. The van der Waals surface area contributed by atoms with Gasteiger partial charge in [-0.1, -0.05) is 27.2 Å². The number of nitrogens with one attached hydrogen (secondary N) is 2. The van der Waals surface area contributed by atoms with Gasteiger partial charge in [0.2, 0.25) is 0 Å². The van der Waals surface area contributed by atoms with Gasteiger partial charge >= 0.3 is 0 Å². The molecule has 0 radical (unpaired) electrons. The van der Waals surface area contributed by atoms with Crippen molar-refractivity contribution in [3.05, 3.63) is 0 Å². The fraction of sp³-hybridized carbons (Fsp3) is 1.00. The molecule has 1 aliphatic heterocycles. The van der Waals surface area contributed by atoms with Crippen molar-refractivity contribution in [2.24, 2.45) is 5.92 Å². The van der Waals surface area contributed by atoms with Gasteiger partial charge in [-0.05, 0) is 38.3 Å². The highest BCUT2D eigenvalue weighted by atomic mass is 14.9. The maximum atomic E-state index is 3.65. The Bertz CT molecular complexity index is 137. The van der Waals surface area contributed by atoms with Gasteiger partial charge in [-0.15, -0.1) is 0 Å². The maximum absolute atomic E-state index is 3.65. The summed E-state index contributed by atoms with van der Waals surface area (Å²) in [5.41, 5.74) is 0. The van der Waals surface area contributed by atoms with Crippen molar-refractivity contribution in [3.63, 3.8) is 0 Å². The second-order valence-corrected chi connectivity index (χ2v) is 4.85. The number of hydrogen-bond donors (Lipinski definition) is 2. The molecule has 2 unspecified atom stereocenters. The summed E-state index contributed by atoms with van der Waals surface area (Å²) in [5, 5.41) is 7.13. The highest BCUT2D eigenvalue weighted by Crippen LogP contribution is 2.18. The van der Waals surface area contributed by atoms with Crippen molar-refractivity contribution < 1.29 is 0 Å². The van der Waals surface area contributed by atoms with Crippen molar-refractivity contribution in [3.8, 4) is 0 Å². The first-order chi connectivity index (χ1) is 6.72. The number of rotatable bonds is 5. The van der Waals surface area contributed by atoms with E-state index < -0.39 is 0 Å². The Balaban J connectivity index is 2.04. The molecule has 1 rings (SSSR count). The van der Waals surface area contributed by atoms with Crippen LogP contribution in [0.25, 0.3) is 0 Å². The molecule has 2 atom stereocenters. The SMILES string of the molecule is CCC1CCC(CCNC(C)C)NC1. The smallest absolute Gasteiger partial charge is 0.00793 e. The van der Waals surface area contributed by atoms with E-state index in [2.05, 4.69) is 31.4 Å². The zero-order valence-corrected chi connectivity index (χ0v) is 9.97. The van der Waals surface area contributed by atoms with Crippen LogP contribution in [0.15, 0.2) is 0 Å². The lowest BCUT2D eigenvalue weighted by atomic mass is 9.91. The molecule has 84 valence electrons. The van der Waals surface area contributed by atoms with Crippen LogP contribution in [-0.4, -0.2) is 25.2 Å². The van der Waals surface area contributed by atoms with Gasteiger partial charge in [0.05, 0.1) is 0 Å². The molecular formula is C12H26N2. The van der Waals surface area contributed by atoms with E-state index in [1.54, 1.807) is 0 Å². The Hall–Kier alpha value is -0.0800. The predicted octanol–water partition coefficient (Wildman–Crippen LogP) is 2.15. The average molecular weight is 198 g/mol. The van der Waals surface area contributed by atoms with Gasteiger partial charge in [-0.2, -0.15) is 0 Å². The molecule has 1 fully saturated rings. The van der Waals surface area contributed by atoms with Crippen molar-refractivity contribution in [1.82, 2.24) is 10.6 Å². The summed E-state index contributed by atoms with van der Waals surface area (Å²) in [6, 6.07) is 1.39. The first-order valence-corrected chi connectivity index (χ1v) is 6.19. The zero-order chi connectivity index (χ0) is 10.4. The third kappa shape index (κ3) is 4.43. The molecule has 2 N–H and O–H groups in total. The van der Waals surface area contributed by atoms with E-state index in [9.17, 15) is 0 Å². The lowest BCUT2D eigenvalue weighted by Crippen LogP contribution is -2.40. The quantitative estimate of drug-likeness (QED) is 0.707. The zero-order valence-electron chi connectivity index (χ0n) is 9.97. The Kier molecular flexibility index (Phi) is 5.49. The second kappa shape index (κ2) is 6.41. The number of piperidine rings is 1. The predicted molar refractivity (Wildman–Crippen MR) is 62.6 cm³/mol. The van der Waals surface area contributed by atoms with E-state index in [0.717, 1.165) is 18.5 Å². The fourth-order valence-electron chi connectivity index (χ4n) is 2.12. The second-order valence-electron chi connectivity index (χ2n) is 4.85. The van der Waals surface area contributed by atoms with Crippen LogP contribution in [0.5, 0.6) is 0 Å². The van der Waals surface area contributed by atoms with Gasteiger partial charge in [0.15, 0.2) is 0 Å². The summed E-state index contributed by atoms with van der Waals surface area (Å²) in [5.74, 6) is 0.935. The van der Waals surface area contributed by atoms with E-state index in [4.69, 9.17) is 0 Å². The average Bonchev–Trinajstić information content (AvgIpc) is 2.18. The molecule has 0 amide bonds. The first-order valence-electron chi connectivity index (χ1n) is 6.19. The van der Waals surface area contributed by atoms with E-state index in [1.807, 2.05) is 0 Å². The summed E-state index contributed by atoms with van der Waals surface area (Å²) in [6.45, 7) is 9.12. The van der Waals surface area contributed by atoms with E-state index in [-0.39, 0.29) is 0 Å². The Morgan fingerprint density at radius 1 is 1.36 bits per heavy atom. The standard InChI is InChI=1S/C12H26N2/c1-4-11-5-6-12(14-9-11)7-8-13-10(2)3/h10-14H,4-9H2,1-3H3. The molecule has 0 spiro atoms. The monoisotopic (exact) mass is 198 g/mol. The minimum atomic E-state index is 0.627. The molecule has 0 bridgehead atoms. The molecule has 0 aromatic carbocycles. The molecule has 0 aliphatic carbocycles. The molecule has 1 saturated heterocycles. The minimum absolute atomic E-state index is 0.627. The van der Waals surface area contributed by atoms with Crippen LogP contribution in [0.2, 0.25) is 0 Å². The van der Waals surface area contributed by atoms with Gasteiger partial charge in [0, 0.05) is 12.1 Å². The normalized spacial score (nSPS) is 28.3. The Labute approximate surface area is 88.8 Å². The molecule has 1 heterocycles.